The molecule has 0 N–H and O–H groups in total. The largest absolute Gasteiger partial charge is 0.462 e. The first-order valence-corrected chi connectivity index (χ1v) is 31.4. The van der Waals surface area contributed by atoms with Gasteiger partial charge in [-0.05, 0) is 25.2 Å². The van der Waals surface area contributed by atoms with Crippen molar-refractivity contribution >= 4 is 17.9 Å². The molecule has 0 aromatic heterocycles. The van der Waals surface area contributed by atoms with Crippen LogP contribution in [-0.2, 0) is 28.6 Å². The molecule has 0 saturated heterocycles. The van der Waals surface area contributed by atoms with Gasteiger partial charge >= 0.3 is 17.9 Å². The van der Waals surface area contributed by atoms with E-state index in [2.05, 4.69) is 27.7 Å². The molecular weight excluding hydrogens is 853 g/mol. The highest BCUT2D eigenvalue weighted by molar-refractivity contribution is 5.71. The number of carbonyl (C=O) groups excluding carboxylic acids is 3. The molecular formula is C63H122O6. The number of hydrogen-bond donors (Lipinski definition) is 0. The number of esters is 3. The summed E-state index contributed by atoms with van der Waals surface area (Å²) >= 11 is 0. The third-order valence-corrected chi connectivity index (χ3v) is 14.5. The second-order valence-electron chi connectivity index (χ2n) is 22.2. The maximum atomic E-state index is 12.9. The zero-order chi connectivity index (χ0) is 50.2. The van der Waals surface area contributed by atoms with E-state index in [-0.39, 0.29) is 31.1 Å². The summed E-state index contributed by atoms with van der Waals surface area (Å²) in [5.74, 6) is 0.0203. The standard InChI is InChI=1S/C63H122O6/c1-5-7-9-11-13-15-17-19-21-22-23-24-27-32-36-40-44-48-52-56-63(66)69-60(57-67-61(64)54-50-46-42-38-34-30-20-18-16-14-12-10-8-6-2)58-68-62(65)55-51-47-43-39-35-31-28-25-26-29-33-37-41-45-49-53-59(3)4/h59-60H,5-58H2,1-4H3/t60-/m1/s1. The first kappa shape index (κ1) is 67.4. The van der Waals surface area contributed by atoms with E-state index < -0.39 is 6.10 Å². The van der Waals surface area contributed by atoms with E-state index in [4.69, 9.17) is 14.2 Å². The van der Waals surface area contributed by atoms with Crippen LogP contribution in [0.2, 0.25) is 0 Å². The highest BCUT2D eigenvalue weighted by Crippen LogP contribution is 2.19. The van der Waals surface area contributed by atoms with E-state index in [9.17, 15) is 14.4 Å². The fraction of sp³-hybridized carbons (Fsp3) is 0.952. The highest BCUT2D eigenvalue weighted by atomic mass is 16.6. The molecule has 0 aliphatic rings. The van der Waals surface area contributed by atoms with E-state index in [1.165, 1.54) is 257 Å². The molecule has 6 nitrogen and oxygen atoms in total. The fourth-order valence-electron chi connectivity index (χ4n) is 9.81. The highest BCUT2D eigenvalue weighted by Gasteiger charge is 2.19. The molecule has 0 bridgehead atoms. The van der Waals surface area contributed by atoms with Crippen LogP contribution in [0.3, 0.4) is 0 Å². The normalized spacial score (nSPS) is 12.0. The van der Waals surface area contributed by atoms with Crippen molar-refractivity contribution in [2.24, 2.45) is 5.92 Å². The summed E-state index contributed by atoms with van der Waals surface area (Å²) in [7, 11) is 0. The zero-order valence-corrected chi connectivity index (χ0v) is 47.3. The van der Waals surface area contributed by atoms with E-state index >= 15 is 0 Å². The van der Waals surface area contributed by atoms with Crippen molar-refractivity contribution in [2.45, 2.75) is 368 Å². The van der Waals surface area contributed by atoms with Gasteiger partial charge in [0.15, 0.2) is 6.10 Å². The first-order valence-electron chi connectivity index (χ1n) is 31.4. The third kappa shape index (κ3) is 57.2. The average Bonchev–Trinajstić information content (AvgIpc) is 3.34. The molecule has 410 valence electrons. The summed E-state index contributed by atoms with van der Waals surface area (Å²) in [5.41, 5.74) is 0. The zero-order valence-electron chi connectivity index (χ0n) is 47.3. The molecule has 0 radical (unpaired) electrons. The first-order chi connectivity index (χ1) is 33.9. The van der Waals surface area contributed by atoms with Gasteiger partial charge in [0.25, 0.3) is 0 Å². The van der Waals surface area contributed by atoms with E-state index in [1.54, 1.807) is 0 Å². The van der Waals surface area contributed by atoms with Crippen LogP contribution >= 0.6 is 0 Å². The topological polar surface area (TPSA) is 78.9 Å². The van der Waals surface area contributed by atoms with Gasteiger partial charge < -0.3 is 14.2 Å². The van der Waals surface area contributed by atoms with Gasteiger partial charge in [-0.15, -0.1) is 0 Å². The second kappa shape index (κ2) is 57.3. The van der Waals surface area contributed by atoms with Crippen molar-refractivity contribution in [3.63, 3.8) is 0 Å². The molecule has 1 atom stereocenters. The predicted molar refractivity (Wildman–Crippen MR) is 298 cm³/mol. The number of ether oxygens (including phenoxy) is 3. The lowest BCUT2D eigenvalue weighted by molar-refractivity contribution is -0.167. The summed E-state index contributed by atoms with van der Waals surface area (Å²) in [4.78, 5) is 38.3. The fourth-order valence-corrected chi connectivity index (χ4v) is 9.81. The van der Waals surface area contributed by atoms with E-state index in [1.807, 2.05) is 0 Å². The molecule has 0 aliphatic heterocycles. The number of carbonyl (C=O) groups is 3. The van der Waals surface area contributed by atoms with Crippen LogP contribution in [-0.4, -0.2) is 37.2 Å². The number of hydrogen-bond acceptors (Lipinski definition) is 6. The molecule has 0 aromatic carbocycles. The Morgan fingerprint density at radius 3 is 0.710 bits per heavy atom. The molecule has 0 heterocycles. The predicted octanol–water partition coefficient (Wildman–Crippen LogP) is 21.0. The van der Waals surface area contributed by atoms with Crippen molar-refractivity contribution in [1.29, 1.82) is 0 Å². The molecule has 6 heteroatoms. The second-order valence-corrected chi connectivity index (χ2v) is 22.2. The van der Waals surface area contributed by atoms with E-state index in [0.29, 0.717) is 19.3 Å². The molecule has 0 rings (SSSR count). The van der Waals surface area contributed by atoms with Crippen LogP contribution in [0, 0.1) is 5.92 Å². The maximum Gasteiger partial charge on any atom is 0.306 e. The van der Waals surface area contributed by atoms with Crippen molar-refractivity contribution in [3.05, 3.63) is 0 Å². The summed E-state index contributed by atoms with van der Waals surface area (Å²) in [6.45, 7) is 9.09. The lowest BCUT2D eigenvalue weighted by Gasteiger charge is -2.18. The van der Waals surface area contributed by atoms with Gasteiger partial charge in [0.1, 0.15) is 13.2 Å². The molecule has 0 saturated carbocycles. The van der Waals surface area contributed by atoms with Crippen LogP contribution in [0.5, 0.6) is 0 Å². The Morgan fingerprint density at radius 2 is 0.478 bits per heavy atom. The maximum absolute atomic E-state index is 12.9. The average molecular weight is 976 g/mol. The summed E-state index contributed by atoms with van der Waals surface area (Å²) in [6, 6.07) is 0. The lowest BCUT2D eigenvalue weighted by atomic mass is 10.0. The molecule has 0 amide bonds. The Balaban J connectivity index is 4.27. The smallest absolute Gasteiger partial charge is 0.306 e. The van der Waals surface area contributed by atoms with Crippen LogP contribution < -0.4 is 0 Å². The Kier molecular flexibility index (Phi) is 56.0. The minimum Gasteiger partial charge on any atom is -0.462 e. The van der Waals surface area contributed by atoms with Crippen LogP contribution in [0.1, 0.15) is 362 Å². The van der Waals surface area contributed by atoms with E-state index in [0.717, 1.165) is 63.7 Å². The van der Waals surface area contributed by atoms with Gasteiger partial charge in [0, 0.05) is 19.3 Å². The molecule has 0 spiro atoms. The van der Waals surface area contributed by atoms with Gasteiger partial charge in [-0.3, -0.25) is 14.4 Å². The quantitative estimate of drug-likeness (QED) is 0.0343. The minimum absolute atomic E-state index is 0.0613. The number of unbranched alkanes of at least 4 members (excludes halogenated alkanes) is 45. The minimum atomic E-state index is -0.762. The van der Waals surface area contributed by atoms with Crippen LogP contribution in [0.4, 0.5) is 0 Å². The summed E-state index contributed by atoms with van der Waals surface area (Å²) in [6.07, 6.45) is 63.9. The van der Waals surface area contributed by atoms with Gasteiger partial charge in [0.2, 0.25) is 0 Å². The molecule has 0 fully saturated rings. The molecule has 0 aliphatic carbocycles. The molecule has 0 aromatic rings. The van der Waals surface area contributed by atoms with Crippen molar-refractivity contribution in [3.8, 4) is 0 Å². The monoisotopic (exact) mass is 975 g/mol. The Morgan fingerprint density at radius 1 is 0.275 bits per heavy atom. The van der Waals surface area contributed by atoms with Gasteiger partial charge in [-0.1, -0.05) is 323 Å². The van der Waals surface area contributed by atoms with Gasteiger partial charge in [-0.2, -0.15) is 0 Å². The Labute approximate surface area is 431 Å². The van der Waals surface area contributed by atoms with Crippen molar-refractivity contribution in [2.75, 3.05) is 13.2 Å². The van der Waals surface area contributed by atoms with Crippen LogP contribution in [0.15, 0.2) is 0 Å². The number of rotatable bonds is 58. The van der Waals surface area contributed by atoms with Crippen molar-refractivity contribution < 1.29 is 28.6 Å². The SMILES string of the molecule is CCCCCCCCCCCCCCCCCCCCCC(=O)O[C@H](COC(=O)CCCCCCCCCCCCCCCC)COC(=O)CCCCCCCCCCCCCCCCCC(C)C. The lowest BCUT2D eigenvalue weighted by Crippen LogP contribution is -2.30. The van der Waals surface area contributed by atoms with Gasteiger partial charge in [-0.25, -0.2) is 0 Å². The Hall–Kier alpha value is -1.59. The van der Waals surface area contributed by atoms with Crippen LogP contribution in [0.25, 0.3) is 0 Å². The Bertz CT molecular complexity index is 1040. The van der Waals surface area contributed by atoms with Crippen molar-refractivity contribution in [1.82, 2.24) is 0 Å². The third-order valence-electron chi connectivity index (χ3n) is 14.5. The van der Waals surface area contributed by atoms with Gasteiger partial charge in [0.05, 0.1) is 0 Å². The molecule has 0 unspecified atom stereocenters. The summed E-state index contributed by atoms with van der Waals surface area (Å²) in [5, 5.41) is 0. The summed E-state index contributed by atoms with van der Waals surface area (Å²) < 4.78 is 16.9. The molecule has 69 heavy (non-hydrogen) atoms.